The van der Waals surface area contributed by atoms with Crippen LogP contribution in [0.3, 0.4) is 0 Å². The summed E-state index contributed by atoms with van der Waals surface area (Å²) in [7, 11) is 0. The standard InChI is InChI=1S/C11H17NO.CH4/c1-4-11(13)12-7-5-6-10(8-12)9(2)3;/h1,9-10H,5-8H2,2-3H3;1H4. The molecule has 1 heterocycles. The van der Waals surface area contributed by atoms with Gasteiger partial charge in [0.15, 0.2) is 0 Å². The Bertz CT molecular complexity index is 227. The second-order valence-electron chi connectivity index (χ2n) is 4.04. The number of likely N-dealkylation sites (tertiary alicyclic amines) is 1. The average molecular weight is 195 g/mol. The summed E-state index contributed by atoms with van der Waals surface area (Å²) in [5.41, 5.74) is 0. The van der Waals surface area contributed by atoms with E-state index in [2.05, 4.69) is 19.8 Å². The van der Waals surface area contributed by atoms with E-state index in [1.807, 2.05) is 0 Å². The van der Waals surface area contributed by atoms with Gasteiger partial charge in [0.25, 0.3) is 5.91 Å². The summed E-state index contributed by atoms with van der Waals surface area (Å²) in [6, 6.07) is 0. The lowest BCUT2D eigenvalue weighted by Crippen LogP contribution is -2.40. The molecule has 1 aliphatic heterocycles. The highest BCUT2D eigenvalue weighted by atomic mass is 16.2. The first-order valence-corrected chi connectivity index (χ1v) is 4.90. The van der Waals surface area contributed by atoms with Crippen LogP contribution in [0.1, 0.15) is 34.1 Å². The normalized spacial score (nSPS) is 21.3. The van der Waals surface area contributed by atoms with Gasteiger partial charge in [-0.25, -0.2) is 0 Å². The quantitative estimate of drug-likeness (QED) is 0.587. The Morgan fingerprint density at radius 3 is 2.71 bits per heavy atom. The van der Waals surface area contributed by atoms with Gasteiger partial charge in [0.05, 0.1) is 0 Å². The SMILES string of the molecule is C.C#CC(=O)N1CCCC(C(C)C)C1. The molecule has 1 fully saturated rings. The molecule has 1 amide bonds. The van der Waals surface area contributed by atoms with Crippen molar-refractivity contribution in [3.63, 3.8) is 0 Å². The molecule has 2 nitrogen and oxygen atoms in total. The molecule has 1 aliphatic rings. The van der Waals surface area contributed by atoms with Crippen LogP contribution in [0.15, 0.2) is 0 Å². The molecule has 0 aromatic heterocycles. The van der Waals surface area contributed by atoms with E-state index in [9.17, 15) is 4.79 Å². The fourth-order valence-corrected chi connectivity index (χ4v) is 1.83. The van der Waals surface area contributed by atoms with Crippen molar-refractivity contribution >= 4 is 5.91 Å². The van der Waals surface area contributed by atoms with Gasteiger partial charge in [-0.1, -0.05) is 21.3 Å². The zero-order valence-electron chi connectivity index (χ0n) is 8.42. The molecule has 0 aromatic rings. The van der Waals surface area contributed by atoms with Crippen molar-refractivity contribution in [3.8, 4) is 12.3 Å². The monoisotopic (exact) mass is 195 g/mol. The van der Waals surface area contributed by atoms with Gasteiger partial charge in [-0.2, -0.15) is 0 Å². The Morgan fingerprint density at radius 1 is 1.57 bits per heavy atom. The molecule has 1 atom stereocenters. The summed E-state index contributed by atoms with van der Waals surface area (Å²) in [4.78, 5) is 13.0. The first-order chi connectivity index (χ1) is 6.15. The smallest absolute Gasteiger partial charge is 0.298 e. The van der Waals surface area contributed by atoms with E-state index in [0.717, 1.165) is 19.5 Å². The zero-order valence-corrected chi connectivity index (χ0v) is 8.42. The molecule has 1 unspecified atom stereocenters. The van der Waals surface area contributed by atoms with Crippen molar-refractivity contribution in [2.45, 2.75) is 34.1 Å². The molecule has 0 aromatic carbocycles. The van der Waals surface area contributed by atoms with Crippen LogP contribution in [0.4, 0.5) is 0 Å². The number of rotatable bonds is 1. The van der Waals surface area contributed by atoms with Gasteiger partial charge in [0, 0.05) is 13.1 Å². The van der Waals surface area contributed by atoms with E-state index in [1.165, 1.54) is 6.42 Å². The molecule has 0 aliphatic carbocycles. The van der Waals surface area contributed by atoms with Crippen LogP contribution in [0.5, 0.6) is 0 Å². The number of terminal acetylenes is 1. The number of hydrogen-bond acceptors (Lipinski definition) is 1. The van der Waals surface area contributed by atoms with Gasteiger partial charge >= 0.3 is 0 Å². The number of hydrogen-bond donors (Lipinski definition) is 0. The van der Waals surface area contributed by atoms with E-state index in [4.69, 9.17) is 6.42 Å². The Kier molecular flexibility index (Phi) is 5.30. The van der Waals surface area contributed by atoms with Gasteiger partial charge in [0.1, 0.15) is 0 Å². The van der Waals surface area contributed by atoms with Crippen molar-refractivity contribution in [2.24, 2.45) is 11.8 Å². The van der Waals surface area contributed by atoms with Crippen molar-refractivity contribution in [3.05, 3.63) is 0 Å². The number of carbonyl (C=O) groups excluding carboxylic acids is 1. The van der Waals surface area contributed by atoms with Gasteiger partial charge in [-0.15, -0.1) is 6.42 Å². The molecule has 1 saturated heterocycles. The Morgan fingerprint density at radius 2 is 2.21 bits per heavy atom. The predicted octanol–water partition coefficient (Wildman–Crippen LogP) is 2.15. The maximum absolute atomic E-state index is 11.2. The molecule has 1 rings (SSSR count). The topological polar surface area (TPSA) is 20.3 Å². The summed E-state index contributed by atoms with van der Waals surface area (Å²) < 4.78 is 0. The molecule has 14 heavy (non-hydrogen) atoms. The van der Waals surface area contributed by atoms with E-state index < -0.39 is 0 Å². The highest BCUT2D eigenvalue weighted by Gasteiger charge is 2.24. The third-order valence-electron chi connectivity index (χ3n) is 2.81. The van der Waals surface area contributed by atoms with Crippen molar-refractivity contribution in [2.75, 3.05) is 13.1 Å². The lowest BCUT2D eigenvalue weighted by molar-refractivity contribution is -0.127. The van der Waals surface area contributed by atoms with Crippen LogP contribution in [0.25, 0.3) is 0 Å². The fourth-order valence-electron chi connectivity index (χ4n) is 1.83. The van der Waals surface area contributed by atoms with E-state index in [1.54, 1.807) is 4.90 Å². The number of amides is 1. The molecular formula is C12H21NO. The third kappa shape index (κ3) is 3.06. The van der Waals surface area contributed by atoms with E-state index in [-0.39, 0.29) is 13.3 Å². The highest BCUT2D eigenvalue weighted by Crippen LogP contribution is 2.23. The Hall–Kier alpha value is -0.970. The van der Waals surface area contributed by atoms with E-state index >= 15 is 0 Å². The molecular weight excluding hydrogens is 174 g/mol. The maximum atomic E-state index is 11.2. The summed E-state index contributed by atoms with van der Waals surface area (Å²) in [5.74, 6) is 3.31. The highest BCUT2D eigenvalue weighted by molar-refractivity contribution is 5.92. The van der Waals surface area contributed by atoms with Gasteiger partial charge in [-0.3, -0.25) is 4.79 Å². The first kappa shape index (κ1) is 13.0. The fraction of sp³-hybridized carbons (Fsp3) is 0.750. The number of nitrogens with zero attached hydrogens (tertiary/aromatic N) is 1. The lowest BCUT2D eigenvalue weighted by Gasteiger charge is -2.33. The molecule has 0 spiro atoms. The molecule has 0 N–H and O–H groups in total. The van der Waals surface area contributed by atoms with Gasteiger partial charge in [0.2, 0.25) is 0 Å². The van der Waals surface area contributed by atoms with E-state index in [0.29, 0.717) is 11.8 Å². The maximum Gasteiger partial charge on any atom is 0.298 e. The van der Waals surface area contributed by atoms with Gasteiger partial charge in [-0.05, 0) is 30.6 Å². The van der Waals surface area contributed by atoms with Gasteiger partial charge < -0.3 is 4.90 Å². The van der Waals surface area contributed by atoms with Crippen molar-refractivity contribution in [1.29, 1.82) is 0 Å². The summed E-state index contributed by atoms with van der Waals surface area (Å²) in [6.07, 6.45) is 7.40. The minimum atomic E-state index is -0.148. The van der Waals surface area contributed by atoms with Crippen LogP contribution < -0.4 is 0 Å². The second kappa shape index (κ2) is 5.70. The van der Waals surface area contributed by atoms with Crippen LogP contribution in [-0.4, -0.2) is 23.9 Å². The first-order valence-electron chi connectivity index (χ1n) is 4.90. The van der Waals surface area contributed by atoms with Crippen LogP contribution >= 0.6 is 0 Å². The Balaban J connectivity index is 0.00000169. The van der Waals surface area contributed by atoms with Crippen LogP contribution in [0.2, 0.25) is 0 Å². The van der Waals surface area contributed by atoms with Crippen LogP contribution in [-0.2, 0) is 4.79 Å². The van der Waals surface area contributed by atoms with Crippen LogP contribution in [0, 0.1) is 24.2 Å². The Labute approximate surface area is 87.7 Å². The third-order valence-corrected chi connectivity index (χ3v) is 2.81. The molecule has 0 radical (unpaired) electrons. The molecule has 0 saturated carbocycles. The average Bonchev–Trinajstić information content (AvgIpc) is 2.17. The predicted molar refractivity (Wildman–Crippen MR) is 59.7 cm³/mol. The summed E-state index contributed by atoms with van der Waals surface area (Å²) >= 11 is 0. The molecule has 2 heteroatoms. The second-order valence-corrected chi connectivity index (χ2v) is 4.04. The zero-order chi connectivity index (χ0) is 9.84. The number of piperidine rings is 1. The largest absolute Gasteiger partial charge is 0.332 e. The molecule has 80 valence electrons. The minimum absolute atomic E-state index is 0. The summed E-state index contributed by atoms with van der Waals surface area (Å²) in [5, 5.41) is 0. The number of carbonyl (C=O) groups is 1. The lowest BCUT2D eigenvalue weighted by atomic mass is 9.88. The molecule has 0 bridgehead atoms. The van der Waals surface area contributed by atoms with Crippen molar-refractivity contribution in [1.82, 2.24) is 4.90 Å². The van der Waals surface area contributed by atoms with Crippen molar-refractivity contribution < 1.29 is 4.79 Å². The minimum Gasteiger partial charge on any atom is -0.332 e. The summed E-state index contributed by atoms with van der Waals surface area (Å²) in [6.45, 7) is 6.09.